The number of fused-ring (bicyclic) bond motifs is 2. The molecule has 0 N–H and O–H groups in total. The van der Waals surface area contributed by atoms with Crippen molar-refractivity contribution in [3.8, 4) is 0 Å². The summed E-state index contributed by atoms with van der Waals surface area (Å²) in [5, 5.41) is 0. The highest BCUT2D eigenvalue weighted by Crippen LogP contribution is 2.37. The Kier molecular flexibility index (Phi) is 7.62. The predicted octanol–water partition coefficient (Wildman–Crippen LogP) is 9.91. The maximum absolute atomic E-state index is 2.27. The SMILES string of the molecule is C/C(=C1/CCCc2ccccc21)c1ccccc1.C/C(=C1\CCCc2ccccc21)c1ccccc1. The predicted molar refractivity (Wildman–Crippen MR) is 157 cm³/mol. The smallest absolute Gasteiger partial charge is 0.0190 e. The second kappa shape index (κ2) is 11.4. The lowest BCUT2D eigenvalue weighted by molar-refractivity contribution is 0.822. The van der Waals surface area contributed by atoms with E-state index in [1.807, 2.05) is 0 Å². The van der Waals surface area contributed by atoms with Gasteiger partial charge in [0.2, 0.25) is 0 Å². The number of allylic oxidation sites excluding steroid dienone is 4. The van der Waals surface area contributed by atoms with Crippen LogP contribution in [-0.4, -0.2) is 0 Å². The second-order valence-electron chi connectivity index (χ2n) is 9.96. The topological polar surface area (TPSA) is 0 Å². The summed E-state index contributed by atoms with van der Waals surface area (Å²) in [6, 6.07) is 39.2. The van der Waals surface area contributed by atoms with Gasteiger partial charge in [0.25, 0.3) is 0 Å². The third-order valence-corrected chi connectivity index (χ3v) is 7.75. The van der Waals surface area contributed by atoms with Crippen molar-refractivity contribution in [2.24, 2.45) is 0 Å². The zero-order valence-corrected chi connectivity index (χ0v) is 21.6. The standard InChI is InChI=1S/2C18H18/c2*1-14(15-8-3-2-4-9-15)17-13-7-11-16-10-5-6-12-18(16)17/h2*2-6,8-10,12H,7,11,13H2,1H3/b17-14+;17-14-. The van der Waals surface area contributed by atoms with E-state index in [1.54, 1.807) is 0 Å². The van der Waals surface area contributed by atoms with Crippen LogP contribution in [0.1, 0.15) is 72.9 Å². The van der Waals surface area contributed by atoms with E-state index in [9.17, 15) is 0 Å². The lowest BCUT2D eigenvalue weighted by Crippen LogP contribution is -2.02. The van der Waals surface area contributed by atoms with Gasteiger partial charge in [0.15, 0.2) is 0 Å². The quantitative estimate of drug-likeness (QED) is 0.274. The maximum Gasteiger partial charge on any atom is -0.0190 e. The summed E-state index contributed by atoms with van der Waals surface area (Å²) in [6.07, 6.45) is 7.41. The first-order valence-corrected chi connectivity index (χ1v) is 13.4. The van der Waals surface area contributed by atoms with Gasteiger partial charge in [0.05, 0.1) is 0 Å². The average molecular weight is 469 g/mol. The summed E-state index contributed by atoms with van der Waals surface area (Å²) in [5.74, 6) is 0. The molecule has 0 saturated heterocycles. The summed E-state index contributed by atoms with van der Waals surface area (Å²) in [5.41, 5.74) is 14.6. The lowest BCUT2D eigenvalue weighted by atomic mass is 9.83. The largest absolute Gasteiger partial charge is 0.0622 e. The molecule has 2 aliphatic rings. The molecule has 0 amide bonds. The molecule has 0 aromatic heterocycles. The minimum Gasteiger partial charge on any atom is -0.0622 e. The highest BCUT2D eigenvalue weighted by molar-refractivity contribution is 5.92. The molecule has 4 aromatic carbocycles. The van der Waals surface area contributed by atoms with Crippen molar-refractivity contribution in [3.63, 3.8) is 0 Å². The van der Waals surface area contributed by atoms with Gasteiger partial charge in [-0.25, -0.2) is 0 Å². The normalized spacial score (nSPS) is 17.2. The van der Waals surface area contributed by atoms with Crippen LogP contribution in [0, 0.1) is 0 Å². The van der Waals surface area contributed by atoms with E-state index < -0.39 is 0 Å². The molecule has 0 spiro atoms. The Morgan fingerprint density at radius 1 is 0.417 bits per heavy atom. The molecule has 4 aromatic rings. The van der Waals surface area contributed by atoms with Gasteiger partial charge < -0.3 is 0 Å². The molecular weight excluding hydrogens is 432 g/mol. The number of hydrogen-bond donors (Lipinski definition) is 0. The zero-order valence-electron chi connectivity index (χ0n) is 21.6. The number of benzene rings is 4. The molecule has 0 saturated carbocycles. The van der Waals surface area contributed by atoms with Crippen LogP contribution in [0.15, 0.2) is 109 Å². The number of rotatable bonds is 2. The minimum absolute atomic E-state index is 1.21. The van der Waals surface area contributed by atoms with Crippen molar-refractivity contribution in [3.05, 3.63) is 143 Å². The maximum atomic E-state index is 2.27. The first-order chi connectivity index (χ1) is 17.7. The van der Waals surface area contributed by atoms with Crippen LogP contribution < -0.4 is 0 Å². The van der Waals surface area contributed by atoms with Crippen LogP contribution in [0.3, 0.4) is 0 Å². The minimum atomic E-state index is 1.21. The molecule has 0 aliphatic heterocycles. The summed E-state index contributed by atoms with van der Waals surface area (Å²) >= 11 is 0. The monoisotopic (exact) mass is 468 g/mol. The Morgan fingerprint density at radius 3 is 1.19 bits per heavy atom. The highest BCUT2D eigenvalue weighted by atomic mass is 14.2. The molecule has 2 aliphatic carbocycles. The van der Waals surface area contributed by atoms with Gasteiger partial charge in [-0.3, -0.25) is 0 Å². The van der Waals surface area contributed by atoms with Gasteiger partial charge in [-0.05, 0) is 108 Å². The molecule has 0 unspecified atom stereocenters. The van der Waals surface area contributed by atoms with Crippen molar-refractivity contribution < 1.29 is 0 Å². The van der Waals surface area contributed by atoms with Crippen LogP contribution in [0.25, 0.3) is 22.3 Å². The van der Waals surface area contributed by atoms with E-state index >= 15 is 0 Å². The van der Waals surface area contributed by atoms with Crippen molar-refractivity contribution in [1.82, 2.24) is 0 Å². The number of hydrogen-bond acceptors (Lipinski definition) is 0. The third kappa shape index (κ3) is 5.29. The molecule has 0 fully saturated rings. The molecule has 0 bridgehead atoms. The first-order valence-electron chi connectivity index (χ1n) is 13.4. The van der Waals surface area contributed by atoms with Crippen LogP contribution >= 0.6 is 0 Å². The molecule has 180 valence electrons. The summed E-state index contributed by atoms with van der Waals surface area (Å²) in [7, 11) is 0. The van der Waals surface area contributed by atoms with E-state index in [0.29, 0.717) is 0 Å². The van der Waals surface area contributed by atoms with Crippen molar-refractivity contribution >= 4 is 22.3 Å². The molecule has 0 radical (unpaired) electrons. The molecule has 0 heteroatoms. The highest BCUT2D eigenvalue weighted by Gasteiger charge is 2.17. The Labute approximate surface area is 217 Å². The average Bonchev–Trinajstić information content (AvgIpc) is 2.97. The van der Waals surface area contributed by atoms with Crippen molar-refractivity contribution in [1.29, 1.82) is 0 Å². The summed E-state index contributed by atoms with van der Waals surface area (Å²) in [4.78, 5) is 0. The van der Waals surface area contributed by atoms with E-state index in [2.05, 4.69) is 123 Å². The van der Waals surface area contributed by atoms with Crippen LogP contribution in [0.2, 0.25) is 0 Å². The molecule has 0 heterocycles. The Balaban J connectivity index is 0.000000148. The summed E-state index contributed by atoms with van der Waals surface area (Å²) < 4.78 is 0. The fraction of sp³-hybridized carbons (Fsp3) is 0.222. The van der Waals surface area contributed by atoms with Gasteiger partial charge >= 0.3 is 0 Å². The van der Waals surface area contributed by atoms with Crippen LogP contribution in [0.5, 0.6) is 0 Å². The van der Waals surface area contributed by atoms with Gasteiger partial charge in [0, 0.05) is 0 Å². The summed E-state index contributed by atoms with van der Waals surface area (Å²) in [6.45, 7) is 4.51. The Bertz CT molecular complexity index is 1260. The van der Waals surface area contributed by atoms with E-state index in [0.717, 1.165) is 0 Å². The van der Waals surface area contributed by atoms with Gasteiger partial charge in [0.1, 0.15) is 0 Å². The van der Waals surface area contributed by atoms with Crippen LogP contribution in [-0.2, 0) is 12.8 Å². The Hall–Kier alpha value is -3.64. The second-order valence-corrected chi connectivity index (χ2v) is 9.96. The molecule has 36 heavy (non-hydrogen) atoms. The number of aryl methyl sites for hydroxylation is 2. The van der Waals surface area contributed by atoms with Gasteiger partial charge in [-0.1, -0.05) is 109 Å². The molecular formula is C36H36. The molecule has 0 nitrogen and oxygen atoms in total. The lowest BCUT2D eigenvalue weighted by Gasteiger charge is -2.21. The van der Waals surface area contributed by atoms with Crippen molar-refractivity contribution in [2.75, 3.05) is 0 Å². The molecule has 0 atom stereocenters. The van der Waals surface area contributed by atoms with E-state index in [-0.39, 0.29) is 0 Å². The Morgan fingerprint density at radius 2 is 0.778 bits per heavy atom. The first kappa shape index (κ1) is 24.1. The van der Waals surface area contributed by atoms with Crippen LogP contribution in [0.4, 0.5) is 0 Å². The van der Waals surface area contributed by atoms with E-state index in [1.165, 1.54) is 94.2 Å². The van der Waals surface area contributed by atoms with Gasteiger partial charge in [-0.2, -0.15) is 0 Å². The fourth-order valence-electron chi connectivity index (χ4n) is 5.75. The third-order valence-electron chi connectivity index (χ3n) is 7.75. The molecule has 6 rings (SSSR count). The van der Waals surface area contributed by atoms with Crippen molar-refractivity contribution in [2.45, 2.75) is 52.4 Å². The zero-order chi connectivity index (χ0) is 24.7. The fourth-order valence-corrected chi connectivity index (χ4v) is 5.75. The van der Waals surface area contributed by atoms with Gasteiger partial charge in [-0.15, -0.1) is 0 Å². The van der Waals surface area contributed by atoms with E-state index in [4.69, 9.17) is 0 Å².